The van der Waals surface area contributed by atoms with Gasteiger partial charge in [-0.1, -0.05) is 60.5 Å². The van der Waals surface area contributed by atoms with Crippen LogP contribution in [0.1, 0.15) is 25.8 Å². The van der Waals surface area contributed by atoms with Crippen molar-refractivity contribution in [1.82, 2.24) is 0 Å². The van der Waals surface area contributed by atoms with Crippen molar-refractivity contribution in [2.24, 2.45) is 0 Å². The fourth-order valence-electron chi connectivity index (χ4n) is 2.07. The van der Waals surface area contributed by atoms with Crippen LogP contribution in [0.5, 0.6) is 5.75 Å². The topological polar surface area (TPSA) is 9.23 Å². The van der Waals surface area contributed by atoms with E-state index in [4.69, 9.17) is 27.9 Å². The number of ether oxygens (including phenoxy) is 1. The van der Waals surface area contributed by atoms with Gasteiger partial charge in [-0.05, 0) is 30.7 Å². The molecule has 0 heterocycles. The first kappa shape index (κ1) is 17.8. The van der Waals surface area contributed by atoms with E-state index in [2.05, 4.69) is 0 Å². The minimum atomic E-state index is -3.11. The highest BCUT2D eigenvalue weighted by Crippen LogP contribution is 2.38. The van der Waals surface area contributed by atoms with E-state index < -0.39 is 11.7 Å². The van der Waals surface area contributed by atoms with Crippen LogP contribution in [0.2, 0.25) is 10.0 Å². The number of allylic oxidation sites excluding steroid dienone is 2. The third-order valence-electron chi connectivity index (χ3n) is 3.43. The Hall–Kier alpha value is -1.58. The number of halogens is 4. The second kappa shape index (κ2) is 7.33. The SMILES string of the molecule is CCC(F)(F)/C(Oc1ccc(Cl)cc1Cl)=C(\C)c1ccccc1. The Morgan fingerprint density at radius 1 is 1.09 bits per heavy atom. The van der Waals surface area contributed by atoms with Crippen molar-refractivity contribution in [3.63, 3.8) is 0 Å². The summed E-state index contributed by atoms with van der Waals surface area (Å²) in [4.78, 5) is 0. The maximum Gasteiger partial charge on any atom is 0.304 e. The summed E-state index contributed by atoms with van der Waals surface area (Å²) in [5, 5.41) is 0.595. The molecule has 0 aliphatic rings. The second-order valence-corrected chi connectivity index (χ2v) is 5.90. The van der Waals surface area contributed by atoms with Gasteiger partial charge in [0, 0.05) is 17.0 Å². The molecule has 2 aromatic carbocycles. The Morgan fingerprint density at radius 3 is 2.30 bits per heavy atom. The fraction of sp³-hybridized carbons (Fsp3) is 0.222. The average molecular weight is 357 g/mol. The molecule has 0 unspecified atom stereocenters. The molecule has 5 heteroatoms. The molecule has 0 saturated carbocycles. The summed E-state index contributed by atoms with van der Waals surface area (Å²) in [6, 6.07) is 13.4. The zero-order chi connectivity index (χ0) is 17.0. The molecule has 0 aromatic heterocycles. The minimum Gasteiger partial charge on any atom is -0.453 e. The maximum absolute atomic E-state index is 14.4. The summed E-state index contributed by atoms with van der Waals surface area (Å²) in [7, 11) is 0. The van der Waals surface area contributed by atoms with Gasteiger partial charge in [0.2, 0.25) is 0 Å². The standard InChI is InChI=1S/C18H16Cl2F2O/c1-3-18(21,22)17(12(2)13-7-5-4-6-8-13)23-16-10-9-14(19)11-15(16)20/h4-11H,3H2,1-2H3/b17-12-. The van der Waals surface area contributed by atoms with Crippen molar-refractivity contribution in [3.05, 3.63) is 69.9 Å². The largest absolute Gasteiger partial charge is 0.453 e. The summed E-state index contributed by atoms with van der Waals surface area (Å²) >= 11 is 11.9. The molecule has 0 saturated heterocycles. The Bertz CT molecular complexity index is 712. The third-order valence-corrected chi connectivity index (χ3v) is 3.96. The lowest BCUT2D eigenvalue weighted by Crippen LogP contribution is -2.23. The Morgan fingerprint density at radius 2 is 1.74 bits per heavy atom. The van der Waals surface area contributed by atoms with Gasteiger partial charge in [-0.15, -0.1) is 0 Å². The van der Waals surface area contributed by atoms with E-state index in [0.29, 0.717) is 16.2 Å². The van der Waals surface area contributed by atoms with E-state index in [1.54, 1.807) is 37.3 Å². The molecule has 0 amide bonds. The maximum atomic E-state index is 14.4. The van der Waals surface area contributed by atoms with Gasteiger partial charge in [0.25, 0.3) is 0 Å². The molecule has 122 valence electrons. The van der Waals surface area contributed by atoms with Gasteiger partial charge in [0.05, 0.1) is 5.02 Å². The van der Waals surface area contributed by atoms with Gasteiger partial charge in [0.1, 0.15) is 5.75 Å². The minimum absolute atomic E-state index is 0.148. The van der Waals surface area contributed by atoms with E-state index in [0.717, 1.165) is 0 Å². The molecular weight excluding hydrogens is 341 g/mol. The highest BCUT2D eigenvalue weighted by Gasteiger charge is 2.36. The normalized spacial score (nSPS) is 12.8. The first-order chi connectivity index (χ1) is 10.8. The first-order valence-electron chi connectivity index (χ1n) is 7.12. The van der Waals surface area contributed by atoms with Gasteiger partial charge in [-0.25, -0.2) is 0 Å². The molecule has 0 aliphatic heterocycles. The molecule has 0 atom stereocenters. The summed E-state index contributed by atoms with van der Waals surface area (Å²) in [5.74, 6) is -3.37. The molecule has 0 spiro atoms. The lowest BCUT2D eigenvalue weighted by Gasteiger charge is -2.22. The van der Waals surface area contributed by atoms with E-state index in [1.165, 1.54) is 19.1 Å². The van der Waals surface area contributed by atoms with Crippen LogP contribution in [0.25, 0.3) is 5.57 Å². The third kappa shape index (κ3) is 4.24. The Labute approximate surface area is 144 Å². The van der Waals surface area contributed by atoms with Crippen molar-refractivity contribution in [1.29, 1.82) is 0 Å². The highest BCUT2D eigenvalue weighted by atomic mass is 35.5. The van der Waals surface area contributed by atoms with Crippen LogP contribution in [0, 0.1) is 0 Å². The van der Waals surface area contributed by atoms with Gasteiger partial charge >= 0.3 is 5.92 Å². The van der Waals surface area contributed by atoms with Crippen molar-refractivity contribution in [3.8, 4) is 5.75 Å². The Balaban J connectivity index is 2.51. The molecule has 0 fully saturated rings. The monoisotopic (exact) mass is 356 g/mol. The quantitative estimate of drug-likeness (QED) is 0.532. The summed E-state index contributed by atoms with van der Waals surface area (Å²) < 4.78 is 34.3. The van der Waals surface area contributed by atoms with Crippen molar-refractivity contribution in [2.75, 3.05) is 0 Å². The molecule has 2 rings (SSSR count). The van der Waals surface area contributed by atoms with Crippen molar-refractivity contribution >= 4 is 28.8 Å². The van der Waals surface area contributed by atoms with Crippen LogP contribution in [-0.4, -0.2) is 5.92 Å². The summed E-state index contributed by atoms with van der Waals surface area (Å²) in [6.07, 6.45) is -0.377. The molecule has 0 N–H and O–H groups in total. The molecule has 0 aliphatic carbocycles. The lowest BCUT2D eigenvalue weighted by atomic mass is 10.0. The predicted molar refractivity (Wildman–Crippen MR) is 91.4 cm³/mol. The van der Waals surface area contributed by atoms with Gasteiger partial charge in [-0.3, -0.25) is 0 Å². The summed E-state index contributed by atoms with van der Waals surface area (Å²) in [6.45, 7) is 3.02. The molecule has 1 nitrogen and oxygen atoms in total. The number of benzene rings is 2. The fourth-order valence-corrected chi connectivity index (χ4v) is 2.52. The van der Waals surface area contributed by atoms with Crippen LogP contribution in [0.3, 0.4) is 0 Å². The lowest BCUT2D eigenvalue weighted by molar-refractivity contribution is 0.00305. The van der Waals surface area contributed by atoms with Crippen LogP contribution < -0.4 is 4.74 Å². The van der Waals surface area contributed by atoms with Gasteiger partial charge in [-0.2, -0.15) is 8.78 Å². The first-order valence-corrected chi connectivity index (χ1v) is 7.88. The molecular formula is C18H16Cl2F2O. The number of hydrogen-bond acceptors (Lipinski definition) is 1. The molecule has 0 bridgehead atoms. The van der Waals surface area contributed by atoms with E-state index in [1.807, 2.05) is 6.07 Å². The molecule has 2 aromatic rings. The predicted octanol–water partition coefficient (Wildman–Crippen LogP) is 6.85. The zero-order valence-corrected chi connectivity index (χ0v) is 14.3. The van der Waals surface area contributed by atoms with Crippen LogP contribution in [0.15, 0.2) is 54.3 Å². The van der Waals surface area contributed by atoms with Gasteiger partial charge in [0.15, 0.2) is 5.76 Å². The number of hydrogen-bond donors (Lipinski definition) is 0. The van der Waals surface area contributed by atoms with Gasteiger partial charge < -0.3 is 4.74 Å². The van der Waals surface area contributed by atoms with Crippen molar-refractivity contribution in [2.45, 2.75) is 26.2 Å². The van der Waals surface area contributed by atoms with Crippen LogP contribution in [-0.2, 0) is 0 Å². The summed E-state index contributed by atoms with van der Waals surface area (Å²) in [5.41, 5.74) is 1.03. The number of rotatable bonds is 5. The average Bonchev–Trinajstić information content (AvgIpc) is 2.54. The van der Waals surface area contributed by atoms with E-state index >= 15 is 0 Å². The smallest absolute Gasteiger partial charge is 0.304 e. The van der Waals surface area contributed by atoms with E-state index in [9.17, 15) is 8.78 Å². The molecule has 0 radical (unpaired) electrons. The second-order valence-electron chi connectivity index (χ2n) is 5.05. The Kier molecular flexibility index (Phi) is 5.66. The number of alkyl halides is 2. The zero-order valence-electron chi connectivity index (χ0n) is 12.7. The molecule has 23 heavy (non-hydrogen) atoms. The van der Waals surface area contributed by atoms with Crippen molar-refractivity contribution < 1.29 is 13.5 Å². The van der Waals surface area contributed by atoms with Crippen LogP contribution in [0.4, 0.5) is 8.78 Å². The van der Waals surface area contributed by atoms with Crippen LogP contribution >= 0.6 is 23.2 Å². The van der Waals surface area contributed by atoms with E-state index in [-0.39, 0.29) is 17.2 Å². The highest BCUT2D eigenvalue weighted by molar-refractivity contribution is 6.35.